The highest BCUT2D eigenvalue weighted by molar-refractivity contribution is 14.1. The third kappa shape index (κ3) is 6.31. The van der Waals surface area contributed by atoms with E-state index in [4.69, 9.17) is 14.6 Å². The van der Waals surface area contributed by atoms with Crippen molar-refractivity contribution in [1.29, 1.82) is 0 Å². The monoisotopic (exact) mass is 632 g/mol. The fraction of sp³-hybridized carbons (Fsp3) is 0.148. The number of aliphatic imine (C=N–C) groups is 1. The van der Waals surface area contributed by atoms with Crippen LogP contribution in [0.2, 0.25) is 0 Å². The molecule has 1 amide bonds. The molecule has 1 saturated heterocycles. The summed E-state index contributed by atoms with van der Waals surface area (Å²) in [4.78, 5) is 30.4. The number of amides is 1. The second-order valence-corrected chi connectivity index (χ2v) is 10.0. The van der Waals surface area contributed by atoms with E-state index < -0.39 is 5.97 Å². The van der Waals surface area contributed by atoms with Crippen LogP contribution in [0, 0.1) is 9.39 Å². The number of likely N-dealkylation sites (N-methyl/N-ethyl adjacent to an activating group) is 1. The van der Waals surface area contributed by atoms with Gasteiger partial charge in [0.05, 0.1) is 26.3 Å². The summed E-state index contributed by atoms with van der Waals surface area (Å²) in [6, 6.07) is 16.2. The Kier molecular flexibility index (Phi) is 8.49. The molecule has 0 aliphatic carbocycles. The lowest BCUT2D eigenvalue weighted by Crippen LogP contribution is -2.23. The maximum Gasteiger partial charge on any atom is 0.335 e. The molecule has 0 spiro atoms. The van der Waals surface area contributed by atoms with Crippen LogP contribution >= 0.6 is 34.4 Å². The van der Waals surface area contributed by atoms with Gasteiger partial charge in [-0.2, -0.15) is 0 Å². The number of rotatable bonds is 8. The SMILES string of the molecule is CCOc1cc(C=C2SC(=Nc3ccc(C(=O)O)cc3)N(C)C2=O)cc(I)c1OCc1ccccc1F. The molecule has 1 aliphatic rings. The second kappa shape index (κ2) is 11.8. The summed E-state index contributed by atoms with van der Waals surface area (Å²) in [5, 5.41) is 9.54. The fourth-order valence-electron chi connectivity index (χ4n) is 3.43. The molecule has 1 heterocycles. The summed E-state index contributed by atoms with van der Waals surface area (Å²) < 4.78 is 26.5. The number of carboxylic acid groups (broad SMARTS) is 1. The number of hydrogen-bond acceptors (Lipinski definition) is 6. The molecule has 37 heavy (non-hydrogen) atoms. The Morgan fingerprint density at radius 3 is 2.57 bits per heavy atom. The molecule has 4 rings (SSSR count). The lowest BCUT2D eigenvalue weighted by Gasteiger charge is -2.15. The molecule has 3 aromatic rings. The molecule has 190 valence electrons. The molecule has 0 bridgehead atoms. The number of carbonyl (C=O) groups excluding carboxylic acids is 1. The summed E-state index contributed by atoms with van der Waals surface area (Å²) in [7, 11) is 1.63. The minimum absolute atomic E-state index is 0.0512. The van der Waals surface area contributed by atoms with Crippen LogP contribution in [0.3, 0.4) is 0 Å². The molecule has 10 heteroatoms. The van der Waals surface area contributed by atoms with Crippen molar-refractivity contribution >= 4 is 63.2 Å². The quantitative estimate of drug-likeness (QED) is 0.231. The first kappa shape index (κ1) is 26.7. The number of aromatic carboxylic acids is 1. The maximum absolute atomic E-state index is 14.0. The number of amidine groups is 1. The summed E-state index contributed by atoms with van der Waals surface area (Å²) in [5.41, 5.74) is 1.88. The van der Waals surface area contributed by atoms with Crippen LogP contribution in [-0.4, -0.2) is 40.7 Å². The zero-order valence-electron chi connectivity index (χ0n) is 19.9. The highest BCUT2D eigenvalue weighted by Gasteiger charge is 2.30. The van der Waals surface area contributed by atoms with Crippen LogP contribution in [0.15, 0.2) is 70.6 Å². The Morgan fingerprint density at radius 2 is 1.89 bits per heavy atom. The summed E-state index contributed by atoms with van der Waals surface area (Å²) >= 11 is 3.35. The minimum atomic E-state index is -1.02. The minimum Gasteiger partial charge on any atom is -0.490 e. The largest absolute Gasteiger partial charge is 0.490 e. The van der Waals surface area contributed by atoms with Crippen molar-refractivity contribution < 1.29 is 28.6 Å². The zero-order chi connectivity index (χ0) is 26.5. The molecular formula is C27H22FIN2O5S. The van der Waals surface area contributed by atoms with E-state index in [-0.39, 0.29) is 23.9 Å². The molecule has 1 N–H and O–H groups in total. The second-order valence-electron chi connectivity index (χ2n) is 7.86. The van der Waals surface area contributed by atoms with Gasteiger partial charge in [0.1, 0.15) is 12.4 Å². The number of benzene rings is 3. The van der Waals surface area contributed by atoms with E-state index in [0.717, 1.165) is 9.13 Å². The van der Waals surface area contributed by atoms with Crippen molar-refractivity contribution in [2.45, 2.75) is 13.5 Å². The first-order valence-electron chi connectivity index (χ1n) is 11.2. The first-order chi connectivity index (χ1) is 17.8. The molecule has 1 fully saturated rings. The highest BCUT2D eigenvalue weighted by atomic mass is 127. The van der Waals surface area contributed by atoms with Crippen LogP contribution in [0.5, 0.6) is 11.5 Å². The van der Waals surface area contributed by atoms with Crippen molar-refractivity contribution in [2.24, 2.45) is 4.99 Å². The summed E-state index contributed by atoms with van der Waals surface area (Å²) in [6.07, 6.45) is 1.75. The van der Waals surface area contributed by atoms with Gasteiger partial charge in [-0.25, -0.2) is 14.2 Å². The van der Waals surface area contributed by atoms with Gasteiger partial charge >= 0.3 is 5.97 Å². The first-order valence-corrected chi connectivity index (χ1v) is 13.1. The standard InChI is InChI=1S/C27H22FIN2O5S/c1-3-35-22-13-16(12-21(29)24(22)36-15-18-6-4-5-7-20(18)28)14-23-25(32)31(2)27(37-23)30-19-10-8-17(9-11-19)26(33)34/h4-14H,3,15H2,1-2H3,(H,33,34). The van der Waals surface area contributed by atoms with Crippen molar-refractivity contribution in [3.05, 3.63) is 91.6 Å². The molecule has 7 nitrogen and oxygen atoms in total. The highest BCUT2D eigenvalue weighted by Crippen LogP contribution is 2.38. The molecule has 0 atom stereocenters. The molecule has 0 saturated carbocycles. The lowest BCUT2D eigenvalue weighted by atomic mass is 10.1. The molecule has 1 aliphatic heterocycles. The Morgan fingerprint density at radius 1 is 1.16 bits per heavy atom. The number of carboxylic acids is 1. The van der Waals surface area contributed by atoms with Gasteiger partial charge in [-0.05, 0) is 95.4 Å². The van der Waals surface area contributed by atoms with E-state index in [1.807, 2.05) is 13.0 Å². The number of ether oxygens (including phenoxy) is 2. The number of nitrogens with zero attached hydrogens (tertiary/aromatic N) is 2. The van der Waals surface area contributed by atoms with Crippen LogP contribution in [-0.2, 0) is 11.4 Å². The van der Waals surface area contributed by atoms with Crippen LogP contribution in [0.4, 0.5) is 10.1 Å². The van der Waals surface area contributed by atoms with Gasteiger partial charge < -0.3 is 14.6 Å². The van der Waals surface area contributed by atoms with E-state index in [0.29, 0.717) is 39.4 Å². The lowest BCUT2D eigenvalue weighted by molar-refractivity contribution is -0.121. The number of hydrogen-bond donors (Lipinski definition) is 1. The third-order valence-electron chi connectivity index (χ3n) is 5.30. The summed E-state index contributed by atoms with van der Waals surface area (Å²) in [6.45, 7) is 2.31. The van der Waals surface area contributed by atoms with E-state index >= 15 is 0 Å². The normalized spacial score (nSPS) is 15.5. The topological polar surface area (TPSA) is 88.4 Å². The van der Waals surface area contributed by atoms with E-state index in [1.54, 1.807) is 49.5 Å². The van der Waals surface area contributed by atoms with Gasteiger partial charge in [0, 0.05) is 12.6 Å². The Bertz CT molecular complexity index is 1410. The van der Waals surface area contributed by atoms with E-state index in [2.05, 4.69) is 27.6 Å². The third-order valence-corrected chi connectivity index (χ3v) is 7.16. The number of thioether (sulfide) groups is 1. The average molecular weight is 632 g/mol. The van der Waals surface area contributed by atoms with Crippen molar-refractivity contribution in [1.82, 2.24) is 4.90 Å². The Labute approximate surface area is 231 Å². The average Bonchev–Trinajstić information content (AvgIpc) is 3.12. The Balaban J connectivity index is 1.58. The maximum atomic E-state index is 14.0. The van der Waals surface area contributed by atoms with E-state index in [1.165, 1.54) is 34.9 Å². The smallest absolute Gasteiger partial charge is 0.335 e. The number of halogens is 2. The van der Waals surface area contributed by atoms with Crippen LogP contribution < -0.4 is 9.47 Å². The Hall–Kier alpha value is -3.38. The van der Waals surface area contributed by atoms with Gasteiger partial charge in [-0.1, -0.05) is 18.2 Å². The molecule has 0 aromatic heterocycles. The van der Waals surface area contributed by atoms with Gasteiger partial charge in [0.15, 0.2) is 16.7 Å². The van der Waals surface area contributed by atoms with E-state index in [9.17, 15) is 14.0 Å². The fourth-order valence-corrected chi connectivity index (χ4v) is 5.20. The molecular weight excluding hydrogens is 610 g/mol. The predicted octanol–water partition coefficient (Wildman–Crippen LogP) is 6.34. The number of carbonyl (C=O) groups is 2. The van der Waals surface area contributed by atoms with Crippen molar-refractivity contribution in [3.63, 3.8) is 0 Å². The van der Waals surface area contributed by atoms with Gasteiger partial charge in [-0.15, -0.1) is 0 Å². The predicted molar refractivity (Wildman–Crippen MR) is 150 cm³/mol. The van der Waals surface area contributed by atoms with Crippen molar-refractivity contribution in [2.75, 3.05) is 13.7 Å². The zero-order valence-corrected chi connectivity index (χ0v) is 22.9. The molecule has 3 aromatic carbocycles. The van der Waals surface area contributed by atoms with Crippen LogP contribution in [0.1, 0.15) is 28.4 Å². The summed E-state index contributed by atoms with van der Waals surface area (Å²) in [5.74, 6) is -0.570. The van der Waals surface area contributed by atoms with Crippen LogP contribution in [0.25, 0.3) is 6.08 Å². The van der Waals surface area contributed by atoms with Gasteiger partial charge in [0.25, 0.3) is 5.91 Å². The molecule has 0 unspecified atom stereocenters. The van der Waals surface area contributed by atoms with Gasteiger partial charge in [-0.3, -0.25) is 9.69 Å². The molecule has 0 radical (unpaired) electrons. The van der Waals surface area contributed by atoms with Crippen molar-refractivity contribution in [3.8, 4) is 11.5 Å². The van der Waals surface area contributed by atoms with Gasteiger partial charge in [0.2, 0.25) is 0 Å².